The standard InChI is InChI=1S/C17H17ClN4O3S/c1-22(15-9-14(18)19-10-20-15)6-7-25-12-4-2-11(3-5-12)8-13-16(23)21-17(24)26-13/h2-5,9-10,23H,6-8H2,1H3,(H,21,24). The number of hydrogen-bond donors (Lipinski definition) is 2. The van der Waals surface area contributed by atoms with E-state index < -0.39 is 0 Å². The van der Waals surface area contributed by atoms with Crippen LogP contribution in [0.4, 0.5) is 5.82 Å². The number of nitrogens with zero attached hydrogens (tertiary/aromatic N) is 3. The summed E-state index contributed by atoms with van der Waals surface area (Å²) in [7, 11) is 1.90. The number of halogens is 1. The highest BCUT2D eigenvalue weighted by molar-refractivity contribution is 7.09. The zero-order valence-electron chi connectivity index (χ0n) is 14.0. The Bertz CT molecular complexity index is 926. The van der Waals surface area contributed by atoms with Crippen LogP contribution in [-0.2, 0) is 6.42 Å². The summed E-state index contributed by atoms with van der Waals surface area (Å²) < 4.78 is 5.74. The second-order valence-corrected chi connectivity index (χ2v) is 7.03. The Morgan fingerprint density at radius 1 is 1.31 bits per heavy atom. The number of likely N-dealkylation sites (N-methyl/N-ethyl adjacent to an activating group) is 1. The molecule has 0 spiro atoms. The molecule has 0 amide bonds. The Hall–Kier alpha value is -2.58. The Morgan fingerprint density at radius 2 is 2.08 bits per heavy atom. The molecule has 0 unspecified atom stereocenters. The molecule has 3 aromatic rings. The first-order chi connectivity index (χ1) is 12.5. The van der Waals surface area contributed by atoms with Gasteiger partial charge in [0.15, 0.2) is 0 Å². The van der Waals surface area contributed by atoms with Crippen LogP contribution in [0.1, 0.15) is 10.4 Å². The van der Waals surface area contributed by atoms with Gasteiger partial charge in [0.05, 0.1) is 11.4 Å². The van der Waals surface area contributed by atoms with Gasteiger partial charge in [0.25, 0.3) is 0 Å². The lowest BCUT2D eigenvalue weighted by Gasteiger charge is -2.18. The van der Waals surface area contributed by atoms with Crippen LogP contribution < -0.4 is 14.5 Å². The fraction of sp³-hybridized carbons (Fsp3) is 0.235. The van der Waals surface area contributed by atoms with Crippen LogP contribution in [0.15, 0.2) is 41.5 Å². The van der Waals surface area contributed by atoms with Gasteiger partial charge in [-0.15, -0.1) is 0 Å². The topological polar surface area (TPSA) is 91.3 Å². The molecule has 9 heteroatoms. The number of anilines is 1. The molecule has 0 saturated heterocycles. The van der Waals surface area contributed by atoms with Crippen molar-refractivity contribution in [2.75, 3.05) is 25.1 Å². The van der Waals surface area contributed by atoms with E-state index in [0.717, 1.165) is 28.5 Å². The van der Waals surface area contributed by atoms with E-state index in [1.807, 2.05) is 36.2 Å². The van der Waals surface area contributed by atoms with Gasteiger partial charge in [-0.2, -0.15) is 0 Å². The summed E-state index contributed by atoms with van der Waals surface area (Å²) >= 11 is 6.87. The molecule has 0 saturated carbocycles. The number of aromatic nitrogens is 3. The van der Waals surface area contributed by atoms with Crippen LogP contribution >= 0.6 is 22.9 Å². The molecule has 2 N–H and O–H groups in total. The van der Waals surface area contributed by atoms with Crippen molar-refractivity contribution >= 4 is 28.8 Å². The van der Waals surface area contributed by atoms with Crippen LogP contribution in [0.5, 0.6) is 11.6 Å². The quantitative estimate of drug-likeness (QED) is 0.601. The maximum Gasteiger partial charge on any atom is 0.307 e. The van der Waals surface area contributed by atoms with Gasteiger partial charge in [0, 0.05) is 19.5 Å². The summed E-state index contributed by atoms with van der Waals surface area (Å²) in [5, 5.41) is 10.0. The lowest BCUT2D eigenvalue weighted by Crippen LogP contribution is -2.24. The third-order valence-corrected chi connectivity index (χ3v) is 4.77. The van der Waals surface area contributed by atoms with Crippen molar-refractivity contribution in [3.05, 3.63) is 61.9 Å². The predicted octanol–water partition coefficient (Wildman–Crippen LogP) is 2.69. The van der Waals surface area contributed by atoms with E-state index in [-0.39, 0.29) is 10.8 Å². The Kier molecular flexibility index (Phi) is 5.75. The first-order valence-corrected chi connectivity index (χ1v) is 9.02. The SMILES string of the molecule is CN(CCOc1ccc(Cc2sc(=O)[nH]c2O)cc1)c1cc(Cl)ncn1. The van der Waals surface area contributed by atoms with Crippen LogP contribution in [-0.4, -0.2) is 40.3 Å². The Morgan fingerprint density at radius 3 is 2.73 bits per heavy atom. The summed E-state index contributed by atoms with van der Waals surface area (Å²) in [5.74, 6) is 1.41. The van der Waals surface area contributed by atoms with Crippen molar-refractivity contribution in [3.63, 3.8) is 0 Å². The smallest absolute Gasteiger partial charge is 0.307 e. The molecular weight excluding hydrogens is 376 g/mol. The van der Waals surface area contributed by atoms with Crippen LogP contribution in [0, 0.1) is 0 Å². The minimum atomic E-state index is -0.258. The number of hydrogen-bond acceptors (Lipinski definition) is 7. The van der Waals surface area contributed by atoms with E-state index in [2.05, 4.69) is 15.0 Å². The highest BCUT2D eigenvalue weighted by atomic mass is 35.5. The number of nitrogens with one attached hydrogen (secondary N) is 1. The van der Waals surface area contributed by atoms with Crippen molar-refractivity contribution in [3.8, 4) is 11.6 Å². The molecule has 0 bridgehead atoms. The largest absolute Gasteiger partial charge is 0.494 e. The molecule has 0 aliphatic carbocycles. The summed E-state index contributed by atoms with van der Waals surface area (Å²) in [6.45, 7) is 1.12. The van der Waals surface area contributed by atoms with Crippen LogP contribution in [0.2, 0.25) is 5.15 Å². The van der Waals surface area contributed by atoms with Gasteiger partial charge in [-0.1, -0.05) is 35.1 Å². The van der Waals surface area contributed by atoms with E-state index in [4.69, 9.17) is 16.3 Å². The normalized spacial score (nSPS) is 10.7. The fourth-order valence-electron chi connectivity index (χ4n) is 2.31. The number of aromatic amines is 1. The first kappa shape index (κ1) is 18.2. The van der Waals surface area contributed by atoms with Gasteiger partial charge in [0.2, 0.25) is 5.88 Å². The van der Waals surface area contributed by atoms with Gasteiger partial charge < -0.3 is 14.7 Å². The van der Waals surface area contributed by atoms with Crippen molar-refractivity contribution in [2.24, 2.45) is 0 Å². The maximum absolute atomic E-state index is 11.2. The number of benzene rings is 1. The van der Waals surface area contributed by atoms with Gasteiger partial charge >= 0.3 is 4.87 Å². The highest BCUT2D eigenvalue weighted by Gasteiger charge is 2.08. The molecule has 0 atom stereocenters. The van der Waals surface area contributed by atoms with E-state index in [1.165, 1.54) is 6.33 Å². The first-order valence-electron chi connectivity index (χ1n) is 7.82. The molecule has 0 aliphatic rings. The van der Waals surface area contributed by atoms with E-state index in [0.29, 0.717) is 29.6 Å². The van der Waals surface area contributed by atoms with Crippen LogP contribution in [0.3, 0.4) is 0 Å². The zero-order chi connectivity index (χ0) is 18.5. The number of aromatic hydroxyl groups is 1. The minimum Gasteiger partial charge on any atom is -0.494 e. The molecule has 0 fully saturated rings. The molecule has 26 heavy (non-hydrogen) atoms. The minimum absolute atomic E-state index is 0.0619. The van der Waals surface area contributed by atoms with Crippen molar-refractivity contribution in [2.45, 2.75) is 6.42 Å². The molecule has 0 aliphatic heterocycles. The third kappa shape index (κ3) is 4.74. The second-order valence-electron chi connectivity index (χ2n) is 5.58. The Labute approximate surface area is 158 Å². The summed E-state index contributed by atoms with van der Waals surface area (Å²) in [5.41, 5.74) is 0.982. The fourth-order valence-corrected chi connectivity index (χ4v) is 3.21. The average molecular weight is 393 g/mol. The number of rotatable bonds is 7. The summed E-state index contributed by atoms with van der Waals surface area (Å²) in [6, 6.07) is 9.24. The number of ether oxygens (including phenoxy) is 1. The lowest BCUT2D eigenvalue weighted by atomic mass is 10.1. The van der Waals surface area contributed by atoms with Crippen molar-refractivity contribution < 1.29 is 9.84 Å². The van der Waals surface area contributed by atoms with E-state index in [1.54, 1.807) is 6.07 Å². The molecule has 1 aromatic carbocycles. The summed E-state index contributed by atoms with van der Waals surface area (Å²) in [4.78, 5) is 23.9. The van der Waals surface area contributed by atoms with Crippen molar-refractivity contribution in [1.82, 2.24) is 15.0 Å². The van der Waals surface area contributed by atoms with E-state index in [9.17, 15) is 9.90 Å². The molecule has 0 radical (unpaired) electrons. The summed E-state index contributed by atoms with van der Waals surface area (Å²) in [6.07, 6.45) is 1.92. The van der Waals surface area contributed by atoms with Gasteiger partial charge in [-0.05, 0) is 17.7 Å². The number of thiazole rings is 1. The average Bonchev–Trinajstić information content (AvgIpc) is 2.93. The number of H-pyrrole nitrogens is 1. The second kappa shape index (κ2) is 8.20. The van der Waals surface area contributed by atoms with Gasteiger partial charge in [0.1, 0.15) is 29.7 Å². The third-order valence-electron chi connectivity index (χ3n) is 3.69. The van der Waals surface area contributed by atoms with E-state index >= 15 is 0 Å². The van der Waals surface area contributed by atoms with Crippen LogP contribution in [0.25, 0.3) is 0 Å². The molecule has 7 nitrogen and oxygen atoms in total. The molecule has 136 valence electrons. The maximum atomic E-state index is 11.2. The molecular formula is C17H17ClN4O3S. The molecule has 2 aromatic heterocycles. The monoisotopic (exact) mass is 392 g/mol. The molecule has 2 heterocycles. The zero-order valence-corrected chi connectivity index (χ0v) is 15.5. The predicted molar refractivity (Wildman–Crippen MR) is 102 cm³/mol. The highest BCUT2D eigenvalue weighted by Crippen LogP contribution is 2.21. The van der Waals surface area contributed by atoms with Crippen molar-refractivity contribution in [1.29, 1.82) is 0 Å². The van der Waals surface area contributed by atoms with Gasteiger partial charge in [-0.25, -0.2) is 9.97 Å². The Balaban J connectivity index is 1.51. The lowest BCUT2D eigenvalue weighted by molar-refractivity contribution is 0.325. The van der Waals surface area contributed by atoms with Gasteiger partial charge in [-0.3, -0.25) is 9.78 Å². The molecule has 3 rings (SSSR count).